The first-order valence-electron chi connectivity index (χ1n) is 23.6. The molecule has 0 nitrogen and oxygen atoms in total. The quantitative estimate of drug-likeness (QED) is 0.155. The fraction of sp³-hybridized carbons (Fsp3) is 0.121. The number of hydrogen-bond acceptors (Lipinski definition) is 0. The van der Waals surface area contributed by atoms with Crippen molar-refractivity contribution in [1.29, 1.82) is 0 Å². The van der Waals surface area contributed by atoms with E-state index in [9.17, 15) is 0 Å². The molecule has 0 heteroatoms. The summed E-state index contributed by atoms with van der Waals surface area (Å²) in [6.45, 7) is 14.1. The minimum Gasteiger partial charge on any atom is -0.0622 e. The van der Waals surface area contributed by atoms with Gasteiger partial charge in [-0.05, 0) is 166 Å². The second-order valence-corrected chi connectivity index (χ2v) is 20.8. The Morgan fingerprint density at radius 2 is 0.545 bits per heavy atom. The zero-order valence-electron chi connectivity index (χ0n) is 38.5. The van der Waals surface area contributed by atoms with Crippen molar-refractivity contribution in [2.24, 2.45) is 0 Å². The van der Waals surface area contributed by atoms with Crippen LogP contribution >= 0.6 is 0 Å². The molecule has 0 spiro atoms. The third-order valence-corrected chi connectivity index (χ3v) is 14.8. The van der Waals surface area contributed by atoms with Crippen LogP contribution in [0.5, 0.6) is 0 Å². The highest BCUT2D eigenvalue weighted by Crippen LogP contribution is 2.64. The van der Waals surface area contributed by atoms with Crippen LogP contribution in [-0.4, -0.2) is 0 Å². The lowest BCUT2D eigenvalue weighted by atomic mass is 9.77. The predicted molar refractivity (Wildman–Crippen MR) is 284 cm³/mol. The van der Waals surface area contributed by atoms with E-state index >= 15 is 0 Å². The van der Waals surface area contributed by atoms with E-state index in [0.29, 0.717) is 0 Å². The van der Waals surface area contributed by atoms with Crippen LogP contribution < -0.4 is 0 Å². The maximum Gasteiger partial charge on any atom is -0.000740 e. The lowest BCUT2D eigenvalue weighted by molar-refractivity contribution is 0.569. The lowest BCUT2D eigenvalue weighted by Crippen LogP contribution is -2.16. The molecule has 2 aliphatic carbocycles. The third kappa shape index (κ3) is 5.58. The Bertz CT molecular complexity index is 3690. The van der Waals surface area contributed by atoms with Gasteiger partial charge in [-0.3, -0.25) is 0 Å². The molecule has 0 radical (unpaired) electrons. The Labute approximate surface area is 387 Å². The van der Waals surface area contributed by atoms with Gasteiger partial charge in [-0.1, -0.05) is 224 Å². The van der Waals surface area contributed by atoms with E-state index in [4.69, 9.17) is 0 Å². The van der Waals surface area contributed by atoms with Gasteiger partial charge < -0.3 is 0 Å². The normalized spacial score (nSPS) is 12.7. The molecule has 0 bridgehead atoms. The van der Waals surface area contributed by atoms with Gasteiger partial charge in [0.2, 0.25) is 0 Å². The predicted octanol–water partition coefficient (Wildman–Crippen LogP) is 18.9. The average molecular weight is 843 g/mol. The second-order valence-electron chi connectivity index (χ2n) is 20.8. The molecule has 0 aliphatic heterocycles. The Morgan fingerprint density at radius 3 is 0.894 bits per heavy atom. The number of benzene rings is 11. The summed E-state index contributed by atoms with van der Waals surface area (Å²) >= 11 is 0. The van der Waals surface area contributed by atoms with E-state index in [1.165, 1.54) is 143 Å². The summed E-state index contributed by atoms with van der Waals surface area (Å²) < 4.78 is 0. The van der Waals surface area contributed by atoms with Crippen molar-refractivity contribution in [2.45, 2.75) is 52.4 Å². The molecule has 0 aromatic heterocycles. The zero-order chi connectivity index (χ0) is 44.6. The molecule has 13 rings (SSSR count). The molecule has 2 aliphatic rings. The Hall–Kier alpha value is -7.54. The standard InChI is InChI=1S/C66H50/c1-65(2,3)45-34-44(35-46(38-45)66(4,5)6)58-48-29-19-18-28-47(48)55(39-20-10-7-11-21-39)61-49-30-31-50-60-51(32-33-52(59(49)60)64(58)61)63-57(41-24-14-9-15-25-41)54-37-43-27-17-16-26-42(43)36-53(54)56(62(50)63)40-22-12-8-13-23-40/h7-38H,1-6H3. The van der Waals surface area contributed by atoms with E-state index < -0.39 is 0 Å². The number of hydrogen-bond donors (Lipinski definition) is 0. The van der Waals surface area contributed by atoms with Crippen molar-refractivity contribution < 1.29 is 0 Å². The van der Waals surface area contributed by atoms with Crippen LogP contribution in [0.1, 0.15) is 52.7 Å². The molecule has 0 saturated carbocycles. The first-order chi connectivity index (χ1) is 32.0. The Morgan fingerprint density at radius 1 is 0.242 bits per heavy atom. The summed E-state index contributed by atoms with van der Waals surface area (Å²) in [7, 11) is 0. The summed E-state index contributed by atoms with van der Waals surface area (Å²) in [4.78, 5) is 0. The van der Waals surface area contributed by atoms with Gasteiger partial charge >= 0.3 is 0 Å². The van der Waals surface area contributed by atoms with Gasteiger partial charge in [-0.25, -0.2) is 0 Å². The molecule has 11 aromatic carbocycles. The van der Waals surface area contributed by atoms with Gasteiger partial charge in [0, 0.05) is 0 Å². The van der Waals surface area contributed by atoms with E-state index in [2.05, 4.69) is 236 Å². The SMILES string of the molecule is CC(C)(C)c1cc(-c2c3c(c(-c4ccccc4)c4ccccc24)-c2ccc4c5c(ccc-3c25)-c2c-4c(-c3ccccc3)c3cc4ccccc4cc3c2-c2ccccc2)cc(C(C)(C)C)c1. The first kappa shape index (κ1) is 38.9. The van der Waals surface area contributed by atoms with Crippen molar-refractivity contribution in [2.75, 3.05) is 0 Å². The minimum absolute atomic E-state index is 0.0292. The summed E-state index contributed by atoms with van der Waals surface area (Å²) in [5.41, 5.74) is 23.6. The third-order valence-electron chi connectivity index (χ3n) is 14.8. The maximum absolute atomic E-state index is 2.50. The summed E-state index contributed by atoms with van der Waals surface area (Å²) in [6.07, 6.45) is 0. The van der Waals surface area contributed by atoms with Crippen LogP contribution in [0, 0.1) is 0 Å². The van der Waals surface area contributed by atoms with Gasteiger partial charge in [0.1, 0.15) is 0 Å². The maximum atomic E-state index is 2.50. The number of fused-ring (bicyclic) bond motifs is 9. The summed E-state index contributed by atoms with van der Waals surface area (Å²) in [6, 6.07) is 73.8. The topological polar surface area (TPSA) is 0 Å². The van der Waals surface area contributed by atoms with Crippen LogP contribution in [0.3, 0.4) is 0 Å². The van der Waals surface area contributed by atoms with Crippen LogP contribution in [-0.2, 0) is 10.8 Å². The van der Waals surface area contributed by atoms with Crippen LogP contribution in [0.2, 0.25) is 0 Å². The van der Waals surface area contributed by atoms with Crippen LogP contribution in [0.4, 0.5) is 0 Å². The van der Waals surface area contributed by atoms with E-state index in [0.717, 1.165) is 0 Å². The van der Waals surface area contributed by atoms with Crippen LogP contribution in [0.25, 0.3) is 132 Å². The van der Waals surface area contributed by atoms with E-state index in [1.807, 2.05) is 0 Å². The molecule has 11 aromatic rings. The second kappa shape index (κ2) is 14.0. The van der Waals surface area contributed by atoms with Crippen LogP contribution in [0.15, 0.2) is 194 Å². The smallest absolute Gasteiger partial charge is 0.000740 e. The fourth-order valence-electron chi connectivity index (χ4n) is 11.7. The van der Waals surface area contributed by atoms with Gasteiger partial charge in [0.15, 0.2) is 0 Å². The fourth-order valence-corrected chi connectivity index (χ4v) is 11.7. The van der Waals surface area contributed by atoms with Gasteiger partial charge in [-0.2, -0.15) is 0 Å². The summed E-state index contributed by atoms with van der Waals surface area (Å²) in [5, 5.41) is 10.4. The molecule has 0 unspecified atom stereocenters. The minimum atomic E-state index is -0.0292. The molecule has 66 heavy (non-hydrogen) atoms. The Balaban J connectivity index is 1.21. The molecule has 0 atom stereocenters. The van der Waals surface area contributed by atoms with Crippen molar-refractivity contribution >= 4 is 43.1 Å². The highest BCUT2D eigenvalue weighted by molar-refractivity contribution is 6.35. The molecule has 314 valence electrons. The monoisotopic (exact) mass is 842 g/mol. The molecule has 0 saturated heterocycles. The molecular formula is C66H50. The van der Waals surface area contributed by atoms with Gasteiger partial charge in [0.25, 0.3) is 0 Å². The molecule has 0 N–H and O–H groups in total. The highest BCUT2D eigenvalue weighted by atomic mass is 14.4. The van der Waals surface area contributed by atoms with E-state index in [1.54, 1.807) is 0 Å². The van der Waals surface area contributed by atoms with Crippen molar-refractivity contribution in [3.05, 3.63) is 205 Å². The van der Waals surface area contributed by atoms with E-state index in [-0.39, 0.29) is 10.8 Å². The average Bonchev–Trinajstić information content (AvgIpc) is 3.84. The largest absolute Gasteiger partial charge is 0.0622 e. The van der Waals surface area contributed by atoms with Gasteiger partial charge in [0.05, 0.1) is 0 Å². The molecule has 0 amide bonds. The highest BCUT2D eigenvalue weighted by Gasteiger charge is 2.37. The Kier molecular flexibility index (Phi) is 8.24. The summed E-state index contributed by atoms with van der Waals surface area (Å²) in [5.74, 6) is 0. The molecule has 0 fully saturated rings. The van der Waals surface area contributed by atoms with Gasteiger partial charge in [-0.15, -0.1) is 0 Å². The van der Waals surface area contributed by atoms with Crippen molar-refractivity contribution in [1.82, 2.24) is 0 Å². The molecular weight excluding hydrogens is 793 g/mol. The van der Waals surface area contributed by atoms with Crippen molar-refractivity contribution in [3.63, 3.8) is 0 Å². The van der Waals surface area contributed by atoms with Crippen molar-refractivity contribution in [3.8, 4) is 89.0 Å². The lowest BCUT2D eigenvalue weighted by Gasteiger charge is -2.27. The number of rotatable bonds is 4. The zero-order valence-corrected chi connectivity index (χ0v) is 38.5. The first-order valence-corrected chi connectivity index (χ1v) is 23.6. The molecule has 0 heterocycles.